The van der Waals surface area contributed by atoms with Gasteiger partial charge in [0.25, 0.3) is 0 Å². The normalized spacial score (nSPS) is 18.5. The van der Waals surface area contributed by atoms with E-state index in [0.717, 1.165) is 5.56 Å². The van der Waals surface area contributed by atoms with E-state index in [0.29, 0.717) is 30.5 Å². The minimum Gasteiger partial charge on any atom is -0.480 e. The summed E-state index contributed by atoms with van der Waals surface area (Å²) in [5, 5.41) is 12.2. The monoisotopic (exact) mass is 290 g/mol. The van der Waals surface area contributed by atoms with Gasteiger partial charge in [0, 0.05) is 18.7 Å². The Bertz CT molecular complexity index is 542. The SMILES string of the molecule is CC(C)C(C)CNC(=O)N1c2ccccc2C[C@H]1C(=O)O. The van der Waals surface area contributed by atoms with Crippen LogP contribution in [0.1, 0.15) is 26.3 Å². The van der Waals surface area contributed by atoms with Gasteiger partial charge in [-0.25, -0.2) is 9.59 Å². The second kappa shape index (κ2) is 6.16. The lowest BCUT2D eigenvalue weighted by atomic mass is 9.98. The summed E-state index contributed by atoms with van der Waals surface area (Å²) in [4.78, 5) is 25.2. The lowest BCUT2D eigenvalue weighted by molar-refractivity contribution is -0.138. The number of para-hydroxylation sites is 1. The van der Waals surface area contributed by atoms with Crippen LogP contribution in [0.4, 0.5) is 10.5 Å². The molecule has 21 heavy (non-hydrogen) atoms. The highest BCUT2D eigenvalue weighted by Crippen LogP contribution is 2.32. The summed E-state index contributed by atoms with van der Waals surface area (Å²) in [6, 6.07) is 6.19. The third kappa shape index (κ3) is 3.17. The Hall–Kier alpha value is -2.04. The fourth-order valence-corrected chi connectivity index (χ4v) is 2.40. The van der Waals surface area contributed by atoms with Crippen molar-refractivity contribution in [2.75, 3.05) is 11.4 Å². The predicted octanol–water partition coefficient (Wildman–Crippen LogP) is 2.50. The highest BCUT2D eigenvalue weighted by Gasteiger charge is 2.38. The van der Waals surface area contributed by atoms with Gasteiger partial charge in [-0.15, -0.1) is 0 Å². The van der Waals surface area contributed by atoms with Crippen LogP contribution in [0.5, 0.6) is 0 Å². The Kier molecular flexibility index (Phi) is 4.50. The number of hydrogen-bond donors (Lipinski definition) is 2. The molecule has 5 heteroatoms. The molecule has 2 amide bonds. The number of amides is 2. The molecule has 0 bridgehead atoms. The number of nitrogens with one attached hydrogen (secondary N) is 1. The minimum atomic E-state index is -0.974. The zero-order chi connectivity index (χ0) is 15.6. The van der Waals surface area contributed by atoms with Gasteiger partial charge in [0.15, 0.2) is 0 Å². The Labute approximate surface area is 125 Å². The molecule has 0 aromatic heterocycles. The van der Waals surface area contributed by atoms with Crippen LogP contribution < -0.4 is 10.2 Å². The Morgan fingerprint density at radius 3 is 2.62 bits per heavy atom. The second-order valence-electron chi connectivity index (χ2n) is 5.96. The molecule has 1 aliphatic rings. The number of carbonyl (C=O) groups excluding carboxylic acids is 1. The number of rotatable bonds is 4. The molecule has 2 atom stereocenters. The van der Waals surface area contributed by atoms with Gasteiger partial charge in [-0.1, -0.05) is 39.0 Å². The summed E-state index contributed by atoms with van der Waals surface area (Å²) in [6.45, 7) is 6.81. The molecule has 0 aliphatic carbocycles. The van der Waals surface area contributed by atoms with E-state index < -0.39 is 12.0 Å². The van der Waals surface area contributed by atoms with E-state index >= 15 is 0 Å². The lowest BCUT2D eigenvalue weighted by Crippen LogP contribution is -2.49. The van der Waals surface area contributed by atoms with Crippen molar-refractivity contribution in [2.24, 2.45) is 11.8 Å². The Morgan fingerprint density at radius 1 is 1.33 bits per heavy atom. The molecule has 0 radical (unpaired) electrons. The zero-order valence-corrected chi connectivity index (χ0v) is 12.7. The first kappa shape index (κ1) is 15.4. The topological polar surface area (TPSA) is 69.6 Å². The fourth-order valence-electron chi connectivity index (χ4n) is 2.40. The number of carbonyl (C=O) groups is 2. The van der Waals surface area contributed by atoms with E-state index in [4.69, 9.17) is 0 Å². The first-order chi connectivity index (χ1) is 9.91. The standard InChI is InChI=1S/C16H22N2O3/c1-10(2)11(3)9-17-16(21)18-13-7-5-4-6-12(13)8-14(18)15(19)20/h4-7,10-11,14H,8-9H2,1-3H3,(H,17,21)(H,19,20)/t11?,14-/m0/s1. The summed E-state index contributed by atoms with van der Waals surface area (Å²) in [7, 11) is 0. The van der Waals surface area contributed by atoms with Gasteiger partial charge in [0.05, 0.1) is 0 Å². The van der Waals surface area contributed by atoms with Crippen LogP contribution in [-0.4, -0.2) is 29.7 Å². The van der Waals surface area contributed by atoms with E-state index in [9.17, 15) is 14.7 Å². The Balaban J connectivity index is 2.15. The summed E-state index contributed by atoms with van der Waals surface area (Å²) in [5.41, 5.74) is 1.59. The molecular weight excluding hydrogens is 268 g/mol. The molecule has 0 spiro atoms. The van der Waals surface area contributed by atoms with Crippen molar-refractivity contribution in [1.29, 1.82) is 0 Å². The minimum absolute atomic E-state index is 0.333. The molecular formula is C16H22N2O3. The van der Waals surface area contributed by atoms with Crippen molar-refractivity contribution < 1.29 is 14.7 Å². The second-order valence-corrected chi connectivity index (χ2v) is 5.96. The Morgan fingerprint density at radius 2 is 2.00 bits per heavy atom. The number of anilines is 1. The van der Waals surface area contributed by atoms with Gasteiger partial charge < -0.3 is 10.4 Å². The molecule has 114 valence electrons. The van der Waals surface area contributed by atoms with E-state index in [1.54, 1.807) is 6.07 Å². The van der Waals surface area contributed by atoms with Crippen LogP contribution in [0.3, 0.4) is 0 Å². The van der Waals surface area contributed by atoms with Crippen LogP contribution in [0, 0.1) is 11.8 Å². The first-order valence-corrected chi connectivity index (χ1v) is 7.29. The maximum Gasteiger partial charge on any atom is 0.327 e. The molecule has 1 heterocycles. The molecule has 0 saturated heterocycles. The molecule has 0 saturated carbocycles. The maximum atomic E-state index is 12.4. The quantitative estimate of drug-likeness (QED) is 0.895. The highest BCUT2D eigenvalue weighted by molar-refractivity contribution is 6.01. The lowest BCUT2D eigenvalue weighted by Gasteiger charge is -2.24. The van der Waals surface area contributed by atoms with Crippen LogP contribution in [0.15, 0.2) is 24.3 Å². The number of urea groups is 1. The largest absolute Gasteiger partial charge is 0.480 e. The average Bonchev–Trinajstić information content (AvgIpc) is 2.83. The van der Waals surface area contributed by atoms with Gasteiger partial charge in [0.2, 0.25) is 0 Å². The zero-order valence-electron chi connectivity index (χ0n) is 12.7. The number of aliphatic carboxylic acids is 1. The number of hydrogen-bond acceptors (Lipinski definition) is 2. The summed E-state index contributed by atoms with van der Waals surface area (Å²) in [5.74, 6) is -0.167. The van der Waals surface area contributed by atoms with Crippen LogP contribution in [0.2, 0.25) is 0 Å². The molecule has 1 aromatic carbocycles. The van der Waals surface area contributed by atoms with Gasteiger partial charge >= 0.3 is 12.0 Å². The third-order valence-corrected chi connectivity index (χ3v) is 4.19. The van der Waals surface area contributed by atoms with Crippen LogP contribution in [-0.2, 0) is 11.2 Å². The van der Waals surface area contributed by atoms with Gasteiger partial charge in [-0.2, -0.15) is 0 Å². The number of nitrogens with zero attached hydrogens (tertiary/aromatic N) is 1. The van der Waals surface area contributed by atoms with Gasteiger partial charge in [-0.3, -0.25) is 4.90 Å². The van der Waals surface area contributed by atoms with E-state index in [2.05, 4.69) is 26.1 Å². The highest BCUT2D eigenvalue weighted by atomic mass is 16.4. The molecule has 2 rings (SSSR count). The first-order valence-electron chi connectivity index (χ1n) is 7.29. The van der Waals surface area contributed by atoms with Crippen molar-refractivity contribution >= 4 is 17.7 Å². The van der Waals surface area contributed by atoms with Crippen LogP contribution in [0.25, 0.3) is 0 Å². The summed E-state index contributed by atoms with van der Waals surface area (Å²) in [6.07, 6.45) is 0.360. The van der Waals surface area contributed by atoms with Gasteiger partial charge in [0.1, 0.15) is 6.04 Å². The van der Waals surface area contributed by atoms with Crippen molar-refractivity contribution in [2.45, 2.75) is 33.2 Å². The molecule has 0 fully saturated rings. The fraction of sp³-hybridized carbons (Fsp3) is 0.500. The van der Waals surface area contributed by atoms with E-state index in [-0.39, 0.29) is 6.03 Å². The van der Waals surface area contributed by atoms with Crippen molar-refractivity contribution in [3.63, 3.8) is 0 Å². The smallest absolute Gasteiger partial charge is 0.327 e. The number of fused-ring (bicyclic) bond motifs is 1. The van der Waals surface area contributed by atoms with E-state index in [1.165, 1.54) is 4.90 Å². The predicted molar refractivity (Wildman–Crippen MR) is 81.4 cm³/mol. The van der Waals surface area contributed by atoms with Crippen molar-refractivity contribution in [1.82, 2.24) is 5.32 Å². The van der Waals surface area contributed by atoms with Crippen LogP contribution >= 0.6 is 0 Å². The number of carboxylic acids is 1. The molecule has 1 aliphatic heterocycles. The van der Waals surface area contributed by atoms with E-state index in [1.807, 2.05) is 18.2 Å². The number of carboxylic acid groups (broad SMARTS) is 1. The average molecular weight is 290 g/mol. The number of benzene rings is 1. The third-order valence-electron chi connectivity index (χ3n) is 4.19. The summed E-state index contributed by atoms with van der Waals surface area (Å²) < 4.78 is 0. The van der Waals surface area contributed by atoms with Gasteiger partial charge in [-0.05, 0) is 23.5 Å². The maximum absolute atomic E-state index is 12.4. The molecule has 5 nitrogen and oxygen atoms in total. The molecule has 1 aromatic rings. The molecule has 2 N–H and O–H groups in total. The van der Waals surface area contributed by atoms with Crippen molar-refractivity contribution in [3.8, 4) is 0 Å². The summed E-state index contributed by atoms with van der Waals surface area (Å²) >= 11 is 0. The van der Waals surface area contributed by atoms with Crippen molar-refractivity contribution in [3.05, 3.63) is 29.8 Å². The molecule has 1 unspecified atom stereocenters.